The van der Waals surface area contributed by atoms with E-state index in [4.69, 9.17) is 4.74 Å². The fourth-order valence-corrected chi connectivity index (χ4v) is 2.95. The van der Waals surface area contributed by atoms with Crippen molar-refractivity contribution < 1.29 is 9.53 Å². The van der Waals surface area contributed by atoms with Crippen LogP contribution in [-0.4, -0.2) is 17.5 Å². The molecule has 1 N–H and O–H groups in total. The highest BCUT2D eigenvalue weighted by molar-refractivity contribution is 5.88. The van der Waals surface area contributed by atoms with E-state index in [2.05, 4.69) is 28.5 Å². The molecule has 0 bridgehead atoms. The average molecular weight is 410 g/mol. The standard InChI is InChI=1S/C26H24N3O2/c27-20-23(25-13-4-5-15-28-25)18-22-10-6-12-24(19-22)31-17-14-26(30)29-16-7-11-21-8-2-1-3-9-21/h1-6,8-10,12-13,15-16,18-19H,7,11,14,17H2,(H,29,30). The summed E-state index contributed by atoms with van der Waals surface area (Å²) < 4.78 is 5.71. The lowest BCUT2D eigenvalue weighted by Gasteiger charge is -2.08. The van der Waals surface area contributed by atoms with Crippen LogP contribution in [0.5, 0.6) is 5.75 Å². The molecule has 1 aromatic heterocycles. The summed E-state index contributed by atoms with van der Waals surface area (Å²) in [6.45, 7) is 2.07. The van der Waals surface area contributed by atoms with Crippen LogP contribution in [0.4, 0.5) is 0 Å². The number of carbonyl (C=O) groups excluding carboxylic acids is 1. The maximum atomic E-state index is 12.0. The molecule has 155 valence electrons. The van der Waals surface area contributed by atoms with Crippen LogP contribution in [0.25, 0.3) is 11.6 Å². The summed E-state index contributed by atoms with van der Waals surface area (Å²) in [7, 11) is 0. The Bertz CT molecular complexity index is 1040. The number of nitrogens with zero attached hydrogens (tertiary/aromatic N) is 2. The molecule has 5 heteroatoms. The van der Waals surface area contributed by atoms with Gasteiger partial charge in [0.1, 0.15) is 11.8 Å². The van der Waals surface area contributed by atoms with Crippen molar-refractivity contribution in [1.29, 1.82) is 5.26 Å². The van der Waals surface area contributed by atoms with Crippen molar-refractivity contribution in [2.45, 2.75) is 19.3 Å². The number of hydrogen-bond donors (Lipinski definition) is 1. The van der Waals surface area contributed by atoms with Gasteiger partial charge in [0.05, 0.1) is 24.3 Å². The number of nitrogens with one attached hydrogen (secondary N) is 1. The van der Waals surface area contributed by atoms with Gasteiger partial charge in [0.2, 0.25) is 5.91 Å². The molecule has 3 aromatic rings. The van der Waals surface area contributed by atoms with Crippen LogP contribution in [0.2, 0.25) is 0 Å². The van der Waals surface area contributed by atoms with Gasteiger partial charge in [-0.3, -0.25) is 9.78 Å². The normalized spacial score (nSPS) is 10.9. The summed E-state index contributed by atoms with van der Waals surface area (Å²) in [5.74, 6) is 0.568. The molecule has 0 fully saturated rings. The van der Waals surface area contributed by atoms with Crippen LogP contribution in [0.15, 0.2) is 79.0 Å². The van der Waals surface area contributed by atoms with Gasteiger partial charge in [-0.15, -0.1) is 0 Å². The number of allylic oxidation sites excluding steroid dienone is 1. The lowest BCUT2D eigenvalue weighted by atomic mass is 10.1. The zero-order valence-corrected chi connectivity index (χ0v) is 17.2. The summed E-state index contributed by atoms with van der Waals surface area (Å²) in [6, 6.07) is 25.2. The van der Waals surface area contributed by atoms with Crippen LogP contribution < -0.4 is 10.1 Å². The monoisotopic (exact) mass is 410 g/mol. The van der Waals surface area contributed by atoms with Gasteiger partial charge in [-0.1, -0.05) is 48.5 Å². The average Bonchev–Trinajstić information content (AvgIpc) is 2.82. The smallest absolute Gasteiger partial charge is 0.223 e. The number of aryl methyl sites for hydroxylation is 1. The minimum Gasteiger partial charge on any atom is -0.493 e. The number of ether oxygens (including phenoxy) is 1. The first-order chi connectivity index (χ1) is 15.2. The topological polar surface area (TPSA) is 75.0 Å². The third-order valence-electron chi connectivity index (χ3n) is 4.51. The Hall–Kier alpha value is -3.91. The minimum absolute atomic E-state index is 0.0777. The first-order valence-corrected chi connectivity index (χ1v) is 10.2. The maximum absolute atomic E-state index is 12.0. The quantitative estimate of drug-likeness (QED) is 0.384. The Morgan fingerprint density at radius 3 is 2.68 bits per heavy atom. The summed E-state index contributed by atoms with van der Waals surface area (Å²) in [4.78, 5) is 16.2. The fourth-order valence-electron chi connectivity index (χ4n) is 2.95. The SMILES string of the molecule is N#CC(=Cc1cccc(OCCC(=O)N[CH]CCc2ccccc2)c1)c1ccccn1. The number of hydrogen-bond acceptors (Lipinski definition) is 4. The zero-order valence-electron chi connectivity index (χ0n) is 17.2. The number of benzene rings is 2. The predicted molar refractivity (Wildman–Crippen MR) is 121 cm³/mol. The highest BCUT2D eigenvalue weighted by Crippen LogP contribution is 2.19. The Morgan fingerprint density at radius 2 is 1.90 bits per heavy atom. The maximum Gasteiger partial charge on any atom is 0.223 e. The second kappa shape index (κ2) is 11.9. The molecule has 2 aromatic carbocycles. The Labute approximate surface area is 183 Å². The number of amides is 1. The second-order valence-electron chi connectivity index (χ2n) is 6.85. The molecular formula is C26H24N3O2. The molecule has 31 heavy (non-hydrogen) atoms. The van der Waals surface area contributed by atoms with Crippen LogP contribution >= 0.6 is 0 Å². The molecular weight excluding hydrogens is 386 g/mol. The number of pyridine rings is 1. The zero-order chi connectivity index (χ0) is 21.7. The minimum atomic E-state index is -0.0777. The lowest BCUT2D eigenvalue weighted by Crippen LogP contribution is -2.22. The summed E-state index contributed by atoms with van der Waals surface area (Å²) in [6.07, 6.45) is 5.36. The van der Waals surface area contributed by atoms with E-state index < -0.39 is 0 Å². The van der Waals surface area contributed by atoms with Gasteiger partial charge >= 0.3 is 0 Å². The molecule has 0 saturated carbocycles. The van der Waals surface area contributed by atoms with E-state index in [9.17, 15) is 10.1 Å². The van der Waals surface area contributed by atoms with Gasteiger partial charge in [-0.2, -0.15) is 5.26 Å². The van der Waals surface area contributed by atoms with Crippen molar-refractivity contribution in [1.82, 2.24) is 10.3 Å². The number of carbonyl (C=O) groups is 1. The first-order valence-electron chi connectivity index (χ1n) is 10.2. The molecule has 1 radical (unpaired) electrons. The van der Waals surface area contributed by atoms with Crippen molar-refractivity contribution >= 4 is 17.6 Å². The number of nitriles is 1. The lowest BCUT2D eigenvalue weighted by molar-refractivity contribution is -0.121. The molecule has 0 aliphatic carbocycles. The van der Waals surface area contributed by atoms with E-state index in [-0.39, 0.29) is 18.9 Å². The predicted octanol–water partition coefficient (Wildman–Crippen LogP) is 4.83. The van der Waals surface area contributed by atoms with Gasteiger partial charge < -0.3 is 10.1 Å². The van der Waals surface area contributed by atoms with E-state index >= 15 is 0 Å². The van der Waals surface area contributed by atoms with Gasteiger partial charge in [-0.05, 0) is 54.3 Å². The largest absolute Gasteiger partial charge is 0.493 e. The van der Waals surface area contributed by atoms with Gasteiger partial charge in [0, 0.05) is 12.7 Å². The van der Waals surface area contributed by atoms with Crippen molar-refractivity contribution in [3.63, 3.8) is 0 Å². The van der Waals surface area contributed by atoms with Crippen molar-refractivity contribution in [2.24, 2.45) is 0 Å². The van der Waals surface area contributed by atoms with E-state index in [0.717, 1.165) is 18.4 Å². The first kappa shape index (κ1) is 21.8. The van der Waals surface area contributed by atoms with Crippen molar-refractivity contribution in [2.75, 3.05) is 6.61 Å². The molecule has 0 spiro atoms. The Kier molecular flexibility index (Phi) is 8.39. The molecule has 1 amide bonds. The van der Waals surface area contributed by atoms with Crippen molar-refractivity contribution in [3.05, 3.63) is 102 Å². The van der Waals surface area contributed by atoms with Crippen LogP contribution in [0.3, 0.4) is 0 Å². The van der Waals surface area contributed by atoms with Crippen LogP contribution in [0, 0.1) is 17.9 Å². The third-order valence-corrected chi connectivity index (χ3v) is 4.51. The van der Waals surface area contributed by atoms with E-state index in [0.29, 0.717) is 17.0 Å². The van der Waals surface area contributed by atoms with Gasteiger partial charge in [-0.25, -0.2) is 0 Å². The van der Waals surface area contributed by atoms with Crippen LogP contribution in [-0.2, 0) is 11.2 Å². The summed E-state index contributed by atoms with van der Waals surface area (Å²) in [5, 5.41) is 12.2. The van der Waals surface area contributed by atoms with E-state index in [1.807, 2.05) is 54.6 Å². The molecule has 0 saturated heterocycles. The van der Waals surface area contributed by atoms with Crippen LogP contribution in [0.1, 0.15) is 29.7 Å². The van der Waals surface area contributed by atoms with E-state index in [1.54, 1.807) is 24.9 Å². The van der Waals surface area contributed by atoms with Crippen molar-refractivity contribution in [3.8, 4) is 11.8 Å². The fraction of sp³-hybridized carbons (Fsp3) is 0.154. The summed E-state index contributed by atoms with van der Waals surface area (Å²) in [5.41, 5.74) is 3.17. The molecule has 5 nitrogen and oxygen atoms in total. The molecule has 0 unspecified atom stereocenters. The highest BCUT2D eigenvalue weighted by atomic mass is 16.5. The number of aromatic nitrogens is 1. The molecule has 0 atom stereocenters. The molecule has 3 rings (SSSR count). The van der Waals surface area contributed by atoms with E-state index in [1.165, 1.54) is 5.56 Å². The molecule has 1 heterocycles. The number of rotatable bonds is 10. The highest BCUT2D eigenvalue weighted by Gasteiger charge is 2.05. The molecule has 0 aliphatic heterocycles. The van der Waals surface area contributed by atoms with Gasteiger partial charge in [0.15, 0.2) is 0 Å². The Morgan fingerprint density at radius 1 is 1.06 bits per heavy atom. The Balaban J connectivity index is 1.43. The third kappa shape index (κ3) is 7.45. The summed E-state index contributed by atoms with van der Waals surface area (Å²) >= 11 is 0. The molecule has 0 aliphatic rings. The second-order valence-corrected chi connectivity index (χ2v) is 6.85. The van der Waals surface area contributed by atoms with Gasteiger partial charge in [0.25, 0.3) is 0 Å².